The lowest BCUT2D eigenvalue weighted by atomic mass is 9.95. The molecule has 0 amide bonds. The maximum Gasteiger partial charge on any atom is 0.229 e. The Morgan fingerprint density at radius 2 is 1.77 bits per heavy atom. The van der Waals surface area contributed by atoms with Crippen LogP contribution < -0.4 is 9.47 Å². The van der Waals surface area contributed by atoms with Gasteiger partial charge in [0, 0.05) is 12.1 Å². The van der Waals surface area contributed by atoms with Gasteiger partial charge in [0.15, 0.2) is 5.78 Å². The second-order valence-corrected chi connectivity index (χ2v) is 7.28. The van der Waals surface area contributed by atoms with Crippen molar-refractivity contribution >= 4 is 5.78 Å². The van der Waals surface area contributed by atoms with Gasteiger partial charge in [0.1, 0.15) is 53.3 Å². The lowest BCUT2D eigenvalue weighted by molar-refractivity contribution is -0.277. The molecule has 0 aliphatic carbocycles. The first-order valence-corrected chi connectivity index (χ1v) is 9.48. The van der Waals surface area contributed by atoms with Crippen molar-refractivity contribution in [3.8, 4) is 17.2 Å². The molecule has 1 saturated heterocycles. The van der Waals surface area contributed by atoms with Crippen LogP contribution in [0.25, 0.3) is 0 Å². The molecule has 4 rings (SSSR count). The largest absolute Gasteiger partial charge is 0.507 e. The topological polar surface area (TPSA) is 146 Å². The van der Waals surface area contributed by atoms with Crippen molar-refractivity contribution < 1.29 is 44.5 Å². The number of aliphatic hydroxyl groups excluding tert-OH is 4. The molecule has 6 atom stereocenters. The maximum absolute atomic E-state index is 12.6. The third kappa shape index (κ3) is 3.73. The van der Waals surface area contributed by atoms with Gasteiger partial charge in [-0.25, -0.2) is 0 Å². The molecule has 2 aromatic rings. The highest BCUT2D eigenvalue weighted by molar-refractivity contribution is 6.02. The number of aromatic hydroxyl groups is 1. The number of hydrogen-bond donors (Lipinski definition) is 5. The minimum Gasteiger partial charge on any atom is -0.507 e. The van der Waals surface area contributed by atoms with E-state index in [1.54, 1.807) is 0 Å². The molecule has 9 nitrogen and oxygen atoms in total. The van der Waals surface area contributed by atoms with Crippen molar-refractivity contribution in [3.63, 3.8) is 0 Å². The second kappa shape index (κ2) is 8.21. The zero-order valence-corrected chi connectivity index (χ0v) is 15.8. The summed E-state index contributed by atoms with van der Waals surface area (Å²) in [5.74, 6) is -0.526. The van der Waals surface area contributed by atoms with Crippen LogP contribution in [0.1, 0.15) is 28.4 Å². The van der Waals surface area contributed by atoms with Crippen molar-refractivity contribution in [1.29, 1.82) is 0 Å². The van der Waals surface area contributed by atoms with Crippen LogP contribution in [0.4, 0.5) is 0 Å². The lowest BCUT2D eigenvalue weighted by Gasteiger charge is -2.39. The molecule has 0 spiro atoms. The van der Waals surface area contributed by atoms with E-state index in [1.165, 1.54) is 12.1 Å². The third-order valence-corrected chi connectivity index (χ3v) is 5.25. The molecule has 2 heterocycles. The van der Waals surface area contributed by atoms with Gasteiger partial charge in [-0.1, -0.05) is 30.3 Å². The highest BCUT2D eigenvalue weighted by atomic mass is 16.7. The van der Waals surface area contributed by atoms with E-state index in [0.29, 0.717) is 0 Å². The summed E-state index contributed by atoms with van der Waals surface area (Å²) in [6.07, 6.45) is -7.77. The van der Waals surface area contributed by atoms with E-state index in [4.69, 9.17) is 14.2 Å². The first kappa shape index (κ1) is 20.6. The Kier molecular flexibility index (Phi) is 5.63. The highest BCUT2D eigenvalue weighted by Gasteiger charge is 2.45. The van der Waals surface area contributed by atoms with E-state index < -0.39 is 43.4 Å². The minimum atomic E-state index is -1.61. The Morgan fingerprint density at radius 3 is 2.47 bits per heavy atom. The summed E-state index contributed by atoms with van der Waals surface area (Å²) in [4.78, 5) is 12.6. The van der Waals surface area contributed by atoms with Gasteiger partial charge < -0.3 is 39.7 Å². The molecule has 2 aromatic carbocycles. The van der Waals surface area contributed by atoms with Crippen molar-refractivity contribution in [3.05, 3.63) is 53.6 Å². The predicted octanol–water partition coefficient (Wildman–Crippen LogP) is 0.277. The van der Waals surface area contributed by atoms with Crippen molar-refractivity contribution in [2.45, 2.75) is 43.2 Å². The molecule has 0 aromatic heterocycles. The van der Waals surface area contributed by atoms with Crippen LogP contribution in [-0.4, -0.2) is 68.6 Å². The standard InChI is InChI=1S/C21H22O9/c22-9-16-18(25)19(26)20(27)21(30-16)28-11-6-12(23)17-13(24)8-14(29-15(17)7-11)10-4-2-1-3-5-10/h1-7,14,16,18-23,25-27H,8-9H2/t14?,16-,18-,19+,20-,21?/m1/s1. The zero-order chi connectivity index (χ0) is 21.4. The molecule has 9 heteroatoms. The number of phenols is 1. The van der Waals surface area contributed by atoms with Crippen LogP contribution >= 0.6 is 0 Å². The summed E-state index contributed by atoms with van der Waals surface area (Å²) in [7, 11) is 0. The van der Waals surface area contributed by atoms with E-state index in [0.717, 1.165) is 5.56 Å². The van der Waals surface area contributed by atoms with Crippen LogP contribution in [0.3, 0.4) is 0 Å². The number of phenolic OH excluding ortho intramolecular Hbond substituents is 1. The monoisotopic (exact) mass is 418 g/mol. The van der Waals surface area contributed by atoms with E-state index in [2.05, 4.69) is 0 Å². The number of aliphatic hydroxyl groups is 4. The van der Waals surface area contributed by atoms with Crippen LogP contribution in [0.2, 0.25) is 0 Å². The van der Waals surface area contributed by atoms with Crippen molar-refractivity contribution in [2.75, 3.05) is 6.61 Å². The summed E-state index contributed by atoms with van der Waals surface area (Å²) in [5.41, 5.74) is 0.833. The Hall–Kier alpha value is -2.69. The molecule has 160 valence electrons. The number of rotatable bonds is 4. The summed E-state index contributed by atoms with van der Waals surface area (Å²) in [5, 5.41) is 49.5. The molecule has 0 radical (unpaired) electrons. The van der Waals surface area contributed by atoms with Gasteiger partial charge in [-0.05, 0) is 5.56 Å². The normalized spacial score (nSPS) is 31.0. The van der Waals surface area contributed by atoms with Crippen molar-refractivity contribution in [2.24, 2.45) is 0 Å². The number of Topliss-reactive ketones (excluding diaryl/α,β-unsaturated/α-hetero) is 1. The number of hydrogen-bond acceptors (Lipinski definition) is 9. The van der Waals surface area contributed by atoms with E-state index in [1.807, 2.05) is 30.3 Å². The average Bonchev–Trinajstić information content (AvgIpc) is 2.74. The van der Waals surface area contributed by atoms with Gasteiger partial charge in [0.2, 0.25) is 6.29 Å². The molecule has 0 bridgehead atoms. The minimum absolute atomic E-state index is 0.0112. The van der Waals surface area contributed by atoms with Crippen LogP contribution in [0, 0.1) is 0 Å². The fourth-order valence-corrected chi connectivity index (χ4v) is 3.64. The van der Waals surface area contributed by atoms with Crippen LogP contribution in [0.15, 0.2) is 42.5 Å². The van der Waals surface area contributed by atoms with E-state index >= 15 is 0 Å². The van der Waals surface area contributed by atoms with E-state index in [9.17, 15) is 30.3 Å². The first-order chi connectivity index (χ1) is 14.4. The molecule has 30 heavy (non-hydrogen) atoms. The molecule has 5 N–H and O–H groups in total. The lowest BCUT2D eigenvalue weighted by Crippen LogP contribution is -2.60. The number of benzene rings is 2. The van der Waals surface area contributed by atoms with Crippen LogP contribution in [-0.2, 0) is 4.74 Å². The molecule has 1 fully saturated rings. The van der Waals surface area contributed by atoms with Gasteiger partial charge in [0.05, 0.1) is 13.0 Å². The number of ether oxygens (including phenoxy) is 3. The predicted molar refractivity (Wildman–Crippen MR) is 101 cm³/mol. The number of carbonyl (C=O) groups is 1. The SMILES string of the molecule is O=C1CC(c2ccccc2)Oc2cc(OC3O[C@H](CO)[C@@H](O)[C@H](O)[C@H]3O)cc(O)c21. The summed E-state index contributed by atoms with van der Waals surface area (Å²) >= 11 is 0. The molecule has 0 saturated carbocycles. The quantitative estimate of drug-likeness (QED) is 0.472. The van der Waals surface area contributed by atoms with Gasteiger partial charge in [0.25, 0.3) is 0 Å². The third-order valence-electron chi connectivity index (χ3n) is 5.25. The number of ketones is 1. The fraction of sp³-hybridized carbons (Fsp3) is 0.381. The summed E-state index contributed by atoms with van der Waals surface area (Å²) in [6.45, 7) is -0.601. The van der Waals surface area contributed by atoms with Gasteiger partial charge in [-0.3, -0.25) is 4.79 Å². The Labute approximate surface area is 171 Å². The Balaban J connectivity index is 1.60. The van der Waals surface area contributed by atoms with Gasteiger partial charge in [-0.15, -0.1) is 0 Å². The smallest absolute Gasteiger partial charge is 0.229 e. The Morgan fingerprint density at radius 1 is 1.03 bits per heavy atom. The number of carbonyl (C=O) groups excluding carboxylic acids is 1. The van der Waals surface area contributed by atoms with Crippen molar-refractivity contribution in [1.82, 2.24) is 0 Å². The van der Waals surface area contributed by atoms with Crippen LogP contribution in [0.5, 0.6) is 17.2 Å². The van der Waals surface area contributed by atoms with Gasteiger partial charge in [-0.2, -0.15) is 0 Å². The average molecular weight is 418 g/mol. The highest BCUT2D eigenvalue weighted by Crippen LogP contribution is 2.42. The van der Waals surface area contributed by atoms with Gasteiger partial charge >= 0.3 is 0 Å². The first-order valence-electron chi connectivity index (χ1n) is 9.48. The second-order valence-electron chi connectivity index (χ2n) is 7.28. The molecule has 2 unspecified atom stereocenters. The number of fused-ring (bicyclic) bond motifs is 1. The fourth-order valence-electron chi connectivity index (χ4n) is 3.64. The molecule has 2 aliphatic heterocycles. The Bertz CT molecular complexity index is 914. The molecular formula is C21H22O9. The summed E-state index contributed by atoms with van der Waals surface area (Å²) < 4.78 is 16.8. The van der Waals surface area contributed by atoms with E-state index in [-0.39, 0.29) is 35.0 Å². The molecular weight excluding hydrogens is 396 g/mol. The molecule has 2 aliphatic rings. The maximum atomic E-state index is 12.6. The summed E-state index contributed by atoms with van der Waals surface area (Å²) in [6, 6.07) is 11.7. The zero-order valence-electron chi connectivity index (χ0n) is 15.8.